The van der Waals surface area contributed by atoms with E-state index in [1.165, 1.54) is 64.3 Å². The minimum Gasteiger partial charge on any atom is -0.314 e. The van der Waals surface area contributed by atoms with Crippen molar-refractivity contribution < 1.29 is 0 Å². The summed E-state index contributed by atoms with van der Waals surface area (Å²) in [5.74, 6) is 3.22. The maximum Gasteiger partial charge on any atom is 0.00700 e. The molecule has 16 heavy (non-hydrogen) atoms. The third-order valence-corrected chi connectivity index (χ3v) is 5.46. The Bertz CT molecular complexity index is 221. The first-order chi connectivity index (χ1) is 7.92. The molecule has 0 aromatic carbocycles. The van der Waals surface area contributed by atoms with E-state index in [1.54, 1.807) is 6.42 Å². The highest BCUT2D eigenvalue weighted by atomic mass is 14.9. The first kappa shape index (κ1) is 11.1. The SMILES string of the molecule is C1CC(CNC2CCC3CCCCC3C2)C1. The van der Waals surface area contributed by atoms with Gasteiger partial charge in [-0.05, 0) is 56.4 Å². The van der Waals surface area contributed by atoms with Gasteiger partial charge in [0, 0.05) is 6.04 Å². The predicted molar refractivity (Wildman–Crippen MR) is 68.4 cm³/mol. The molecule has 0 spiro atoms. The van der Waals surface area contributed by atoms with E-state index >= 15 is 0 Å². The van der Waals surface area contributed by atoms with E-state index in [-0.39, 0.29) is 0 Å². The third-order valence-electron chi connectivity index (χ3n) is 5.46. The highest BCUT2D eigenvalue weighted by Gasteiger charge is 2.32. The van der Waals surface area contributed by atoms with Crippen LogP contribution in [0.2, 0.25) is 0 Å². The molecule has 0 saturated heterocycles. The van der Waals surface area contributed by atoms with Crippen LogP contribution in [0.15, 0.2) is 0 Å². The molecule has 3 unspecified atom stereocenters. The minimum atomic E-state index is 0.875. The van der Waals surface area contributed by atoms with Gasteiger partial charge in [0.05, 0.1) is 0 Å². The van der Waals surface area contributed by atoms with Crippen molar-refractivity contribution in [1.82, 2.24) is 5.32 Å². The van der Waals surface area contributed by atoms with Crippen molar-refractivity contribution >= 4 is 0 Å². The first-order valence-corrected chi connectivity index (χ1v) is 7.65. The molecule has 3 rings (SSSR count). The van der Waals surface area contributed by atoms with E-state index in [0.29, 0.717) is 0 Å². The first-order valence-electron chi connectivity index (χ1n) is 7.65. The van der Waals surface area contributed by atoms with Crippen LogP contribution in [-0.4, -0.2) is 12.6 Å². The second-order valence-electron chi connectivity index (χ2n) is 6.52. The summed E-state index contributed by atoms with van der Waals surface area (Å²) in [6, 6.07) is 0.875. The van der Waals surface area contributed by atoms with Crippen molar-refractivity contribution in [3.05, 3.63) is 0 Å². The molecule has 0 heterocycles. The van der Waals surface area contributed by atoms with Gasteiger partial charge in [0.2, 0.25) is 0 Å². The van der Waals surface area contributed by atoms with Crippen LogP contribution in [0.1, 0.15) is 64.2 Å². The Hall–Kier alpha value is -0.0400. The lowest BCUT2D eigenvalue weighted by molar-refractivity contribution is 0.138. The molecule has 0 aromatic rings. The van der Waals surface area contributed by atoms with Crippen molar-refractivity contribution in [3.8, 4) is 0 Å². The van der Waals surface area contributed by atoms with Crippen LogP contribution in [0, 0.1) is 17.8 Å². The zero-order valence-electron chi connectivity index (χ0n) is 10.6. The van der Waals surface area contributed by atoms with Gasteiger partial charge in [0.15, 0.2) is 0 Å². The van der Waals surface area contributed by atoms with Crippen LogP contribution in [0.5, 0.6) is 0 Å². The molecule has 3 aliphatic rings. The van der Waals surface area contributed by atoms with Crippen molar-refractivity contribution in [1.29, 1.82) is 0 Å². The van der Waals surface area contributed by atoms with Crippen LogP contribution in [0.25, 0.3) is 0 Å². The third kappa shape index (κ3) is 2.45. The van der Waals surface area contributed by atoms with Crippen molar-refractivity contribution in [2.24, 2.45) is 17.8 Å². The minimum absolute atomic E-state index is 0.875. The lowest BCUT2D eigenvalue weighted by atomic mass is 9.69. The van der Waals surface area contributed by atoms with E-state index in [9.17, 15) is 0 Å². The van der Waals surface area contributed by atoms with Gasteiger partial charge in [-0.3, -0.25) is 0 Å². The molecule has 0 aromatic heterocycles. The van der Waals surface area contributed by atoms with Gasteiger partial charge in [0.1, 0.15) is 0 Å². The van der Waals surface area contributed by atoms with Gasteiger partial charge in [-0.15, -0.1) is 0 Å². The molecule has 92 valence electrons. The molecular weight excluding hydrogens is 194 g/mol. The Morgan fingerprint density at radius 1 is 0.750 bits per heavy atom. The molecule has 3 aliphatic carbocycles. The van der Waals surface area contributed by atoms with Gasteiger partial charge in [-0.1, -0.05) is 32.1 Å². The summed E-state index contributed by atoms with van der Waals surface area (Å²) >= 11 is 0. The summed E-state index contributed by atoms with van der Waals surface area (Å²) < 4.78 is 0. The van der Waals surface area contributed by atoms with E-state index < -0.39 is 0 Å². The van der Waals surface area contributed by atoms with Crippen molar-refractivity contribution in [3.63, 3.8) is 0 Å². The zero-order chi connectivity index (χ0) is 10.8. The molecule has 3 atom stereocenters. The topological polar surface area (TPSA) is 12.0 Å². The molecule has 3 saturated carbocycles. The Labute approximate surface area is 100 Å². The maximum absolute atomic E-state index is 3.86. The predicted octanol–water partition coefficient (Wildman–Crippen LogP) is 3.74. The summed E-state index contributed by atoms with van der Waals surface area (Å²) in [7, 11) is 0. The van der Waals surface area contributed by atoms with Crippen LogP contribution in [0.3, 0.4) is 0 Å². The lowest BCUT2D eigenvalue weighted by Crippen LogP contribution is -2.41. The Balaban J connectivity index is 1.43. The molecule has 1 N–H and O–H groups in total. The number of fused-ring (bicyclic) bond motifs is 1. The Kier molecular flexibility index (Phi) is 3.51. The maximum atomic E-state index is 3.86. The molecule has 1 heteroatoms. The molecule has 0 amide bonds. The fourth-order valence-corrected chi connectivity index (χ4v) is 4.09. The molecule has 0 radical (unpaired) electrons. The smallest absolute Gasteiger partial charge is 0.00700 e. The lowest BCUT2D eigenvalue weighted by Gasteiger charge is -2.40. The normalized spacial score (nSPS) is 40.1. The second-order valence-corrected chi connectivity index (χ2v) is 6.52. The molecular formula is C15H27N. The van der Waals surface area contributed by atoms with Crippen molar-refractivity contribution in [2.75, 3.05) is 6.54 Å². The van der Waals surface area contributed by atoms with E-state index in [4.69, 9.17) is 0 Å². The van der Waals surface area contributed by atoms with E-state index in [2.05, 4.69) is 5.32 Å². The number of hydrogen-bond acceptors (Lipinski definition) is 1. The van der Waals surface area contributed by atoms with Crippen LogP contribution >= 0.6 is 0 Å². The summed E-state index contributed by atoms with van der Waals surface area (Å²) in [4.78, 5) is 0. The van der Waals surface area contributed by atoms with Gasteiger partial charge in [-0.25, -0.2) is 0 Å². The monoisotopic (exact) mass is 221 g/mol. The van der Waals surface area contributed by atoms with Crippen LogP contribution in [0.4, 0.5) is 0 Å². The summed E-state index contributed by atoms with van der Waals surface area (Å²) in [6.45, 7) is 1.32. The fraction of sp³-hybridized carbons (Fsp3) is 1.00. The van der Waals surface area contributed by atoms with Crippen LogP contribution < -0.4 is 5.32 Å². The van der Waals surface area contributed by atoms with Crippen LogP contribution in [-0.2, 0) is 0 Å². The van der Waals surface area contributed by atoms with Gasteiger partial charge >= 0.3 is 0 Å². The highest BCUT2D eigenvalue weighted by Crippen LogP contribution is 2.40. The largest absolute Gasteiger partial charge is 0.314 e. The summed E-state index contributed by atoms with van der Waals surface area (Å²) in [5, 5.41) is 3.86. The summed E-state index contributed by atoms with van der Waals surface area (Å²) in [6.07, 6.45) is 15.1. The average molecular weight is 221 g/mol. The zero-order valence-corrected chi connectivity index (χ0v) is 10.6. The summed E-state index contributed by atoms with van der Waals surface area (Å²) in [5.41, 5.74) is 0. The van der Waals surface area contributed by atoms with Crippen molar-refractivity contribution in [2.45, 2.75) is 70.3 Å². The molecule has 0 bridgehead atoms. The van der Waals surface area contributed by atoms with E-state index in [0.717, 1.165) is 23.8 Å². The van der Waals surface area contributed by atoms with Gasteiger partial charge in [-0.2, -0.15) is 0 Å². The number of nitrogens with one attached hydrogen (secondary N) is 1. The number of rotatable bonds is 3. The van der Waals surface area contributed by atoms with Gasteiger partial charge in [0.25, 0.3) is 0 Å². The Morgan fingerprint density at radius 2 is 1.56 bits per heavy atom. The molecule has 0 aliphatic heterocycles. The van der Waals surface area contributed by atoms with E-state index in [1.807, 2.05) is 0 Å². The highest BCUT2D eigenvalue weighted by molar-refractivity contribution is 4.87. The quantitative estimate of drug-likeness (QED) is 0.765. The average Bonchev–Trinajstić information content (AvgIpc) is 2.27. The fourth-order valence-electron chi connectivity index (χ4n) is 4.09. The standard InChI is InChI=1S/C15H27N/c1-2-7-14-10-15(9-8-13(14)6-1)16-11-12-4-3-5-12/h12-16H,1-11H2. The second kappa shape index (κ2) is 5.08. The molecule has 3 fully saturated rings. The Morgan fingerprint density at radius 3 is 2.31 bits per heavy atom. The van der Waals surface area contributed by atoms with Gasteiger partial charge < -0.3 is 5.32 Å². The molecule has 1 nitrogen and oxygen atoms in total. The number of hydrogen-bond donors (Lipinski definition) is 1.